The quantitative estimate of drug-likeness (QED) is 0.0819. The van der Waals surface area contributed by atoms with Gasteiger partial charge in [-0.1, -0.05) is 31.6 Å². The van der Waals surface area contributed by atoms with E-state index in [0.29, 0.717) is 63.4 Å². The van der Waals surface area contributed by atoms with E-state index in [1.165, 1.54) is 5.57 Å². The lowest BCUT2D eigenvalue weighted by Crippen LogP contribution is -2.66. The van der Waals surface area contributed by atoms with Gasteiger partial charge in [0.05, 0.1) is 72.7 Å². The maximum absolute atomic E-state index is 13.4. The van der Waals surface area contributed by atoms with Crippen molar-refractivity contribution in [3.05, 3.63) is 23.3 Å². The van der Waals surface area contributed by atoms with E-state index in [-0.39, 0.29) is 53.4 Å². The van der Waals surface area contributed by atoms with Crippen molar-refractivity contribution in [3.8, 4) is 0 Å². The summed E-state index contributed by atoms with van der Waals surface area (Å²) in [6, 6.07) is 0. The van der Waals surface area contributed by atoms with Crippen LogP contribution in [0.2, 0.25) is 0 Å². The Hall–Kier alpha value is -2.06. The zero-order chi connectivity index (χ0) is 58.5. The van der Waals surface area contributed by atoms with Gasteiger partial charge in [-0.15, -0.1) is 0 Å². The van der Waals surface area contributed by atoms with Gasteiger partial charge in [-0.05, 0) is 118 Å². The average Bonchev–Trinajstić information content (AvgIpc) is 2.06. The molecular formula is C61H98O20. The number of Topliss-reactive ketones (excluding diaryl/α,β-unsaturated/α-hetero) is 1. The average molecular weight is 1150 g/mol. The fourth-order valence-electron chi connectivity index (χ4n) is 16.1. The van der Waals surface area contributed by atoms with Crippen LogP contribution in [0.4, 0.5) is 0 Å². The normalized spacial score (nSPS) is 49.5. The monoisotopic (exact) mass is 1150 g/mol. The number of ether oxygens (including phenoxy) is 16. The van der Waals surface area contributed by atoms with E-state index in [2.05, 4.69) is 13.0 Å². The third-order valence-corrected chi connectivity index (χ3v) is 21.0. The predicted molar refractivity (Wildman–Crippen MR) is 291 cm³/mol. The molecule has 0 aromatic carbocycles. The Balaban J connectivity index is 0.763. The number of aliphatic hydroxyl groups is 2. The third-order valence-electron chi connectivity index (χ3n) is 21.0. The van der Waals surface area contributed by atoms with E-state index in [0.717, 1.165) is 19.3 Å². The highest BCUT2D eigenvalue weighted by Gasteiger charge is 2.71. The number of hydrogen-bond acceptors (Lipinski definition) is 20. The van der Waals surface area contributed by atoms with E-state index >= 15 is 0 Å². The standard InChI is InChI=1S/C61H98O20/c1-16-30(2)58(64)77-47-24-41-40(61(65)22-20-39(31(3)62)60(47,61)10)18-17-37-23-38(19-21-59(37,41)9)76-48-26-43(67-12)54(33(5)72-48)79-50-28-45(69-14)56(35(7)74-50)81-52-29-46(70-15)57(36(8)75-52)80-51-27-44(68-13)55(34(6)73-51)78-49-25-42(66-11)53(63)32(4)71-49/h16-17,32-36,38-57,63,65H,18-29H2,1-15H3. The van der Waals surface area contributed by atoms with Gasteiger partial charge < -0.3 is 86.0 Å². The molecule has 81 heavy (non-hydrogen) atoms. The van der Waals surface area contributed by atoms with Crippen LogP contribution in [-0.4, -0.2) is 198 Å². The summed E-state index contributed by atoms with van der Waals surface area (Å²) in [5.74, 6) is -0.746. The summed E-state index contributed by atoms with van der Waals surface area (Å²) in [6.07, 6.45) is 0.391. The van der Waals surface area contributed by atoms with Crippen LogP contribution in [0, 0.1) is 28.6 Å². The molecule has 28 atom stereocenters. The molecule has 0 aromatic heterocycles. The van der Waals surface area contributed by atoms with E-state index in [9.17, 15) is 19.8 Å². The Bertz CT molecular complexity index is 2200. The molecule has 20 nitrogen and oxygen atoms in total. The van der Waals surface area contributed by atoms with Crippen LogP contribution in [0.3, 0.4) is 0 Å². The first kappa shape index (κ1) is 63.4. The van der Waals surface area contributed by atoms with Crippen LogP contribution >= 0.6 is 0 Å². The zero-order valence-corrected chi connectivity index (χ0v) is 50.8. The molecule has 5 heterocycles. The number of aliphatic hydroxyl groups excluding tert-OH is 1. The first-order valence-electron chi connectivity index (χ1n) is 30.2. The predicted octanol–water partition coefficient (Wildman–Crippen LogP) is 6.79. The van der Waals surface area contributed by atoms with Crippen LogP contribution in [-0.2, 0) is 85.4 Å². The number of methoxy groups -OCH3 is 5. The molecule has 2 N–H and O–H groups in total. The molecule has 20 heteroatoms. The number of ketones is 1. The second kappa shape index (κ2) is 26.1. The smallest absolute Gasteiger partial charge is 0.333 e. The fourth-order valence-corrected chi connectivity index (χ4v) is 16.1. The van der Waals surface area contributed by atoms with Gasteiger partial charge in [0, 0.05) is 84.6 Å². The topological polar surface area (TPSA) is 222 Å². The molecule has 0 bridgehead atoms. The molecule has 9 aliphatic rings. The van der Waals surface area contributed by atoms with Gasteiger partial charge in [-0.2, -0.15) is 0 Å². The van der Waals surface area contributed by atoms with Crippen LogP contribution in [0.15, 0.2) is 23.3 Å². The van der Waals surface area contributed by atoms with Gasteiger partial charge >= 0.3 is 5.97 Å². The summed E-state index contributed by atoms with van der Waals surface area (Å²) in [6.45, 7) is 19.1. The Kier molecular flexibility index (Phi) is 20.4. The second-order valence-electron chi connectivity index (χ2n) is 25.4. The number of carbonyl (C=O) groups is 2. The van der Waals surface area contributed by atoms with Gasteiger partial charge in [-0.25, -0.2) is 4.79 Å². The minimum Gasteiger partial charge on any atom is -0.458 e. The van der Waals surface area contributed by atoms with Crippen LogP contribution in [0.25, 0.3) is 0 Å². The van der Waals surface area contributed by atoms with Crippen LogP contribution in [0.1, 0.15) is 146 Å². The van der Waals surface area contributed by atoms with Crippen LogP contribution in [0.5, 0.6) is 0 Å². The molecule has 5 saturated heterocycles. The van der Waals surface area contributed by atoms with Crippen LogP contribution < -0.4 is 0 Å². The van der Waals surface area contributed by atoms with Gasteiger partial charge in [-0.3, -0.25) is 4.79 Å². The maximum Gasteiger partial charge on any atom is 0.333 e. The van der Waals surface area contributed by atoms with Crippen molar-refractivity contribution in [2.75, 3.05) is 35.5 Å². The molecule has 0 amide bonds. The maximum atomic E-state index is 13.4. The minimum atomic E-state index is -1.16. The largest absolute Gasteiger partial charge is 0.458 e. The molecule has 0 spiro atoms. The van der Waals surface area contributed by atoms with E-state index in [4.69, 9.17) is 75.8 Å². The first-order chi connectivity index (χ1) is 38.5. The van der Waals surface area contributed by atoms with Crippen molar-refractivity contribution in [2.45, 2.75) is 287 Å². The van der Waals surface area contributed by atoms with Gasteiger partial charge in [0.15, 0.2) is 31.5 Å². The molecule has 0 aromatic rings. The minimum absolute atomic E-state index is 0.0391. The Morgan fingerprint density at radius 3 is 1.42 bits per heavy atom. The third kappa shape index (κ3) is 12.5. The van der Waals surface area contributed by atoms with Crippen molar-refractivity contribution >= 4 is 11.8 Å². The number of hydrogen-bond donors (Lipinski definition) is 2. The lowest BCUT2D eigenvalue weighted by Gasteiger charge is -2.63. The highest BCUT2D eigenvalue weighted by atomic mass is 16.8. The molecule has 0 radical (unpaired) electrons. The second-order valence-corrected chi connectivity index (χ2v) is 25.4. The molecule has 9 rings (SSSR count). The zero-order valence-electron chi connectivity index (χ0n) is 50.8. The summed E-state index contributed by atoms with van der Waals surface area (Å²) in [5.41, 5.74) is -0.462. The number of fused-ring (bicyclic) bond motifs is 5. The molecule has 5 aliphatic heterocycles. The highest BCUT2D eigenvalue weighted by Crippen LogP contribution is 2.69. The molecule has 462 valence electrons. The molecule has 28 unspecified atom stereocenters. The molecular weight excluding hydrogens is 1050 g/mol. The van der Waals surface area contributed by atoms with E-state index in [1.807, 2.05) is 41.5 Å². The molecule has 4 aliphatic carbocycles. The van der Waals surface area contributed by atoms with Crippen molar-refractivity contribution in [2.24, 2.45) is 28.6 Å². The summed E-state index contributed by atoms with van der Waals surface area (Å²) in [4.78, 5) is 26.6. The van der Waals surface area contributed by atoms with Crippen molar-refractivity contribution in [1.29, 1.82) is 0 Å². The van der Waals surface area contributed by atoms with Crippen molar-refractivity contribution in [1.82, 2.24) is 0 Å². The summed E-state index contributed by atoms with van der Waals surface area (Å²) >= 11 is 0. The Labute approximate surface area is 480 Å². The SMILES string of the molecule is CC=C(C)C(=O)OC1CC2C(CC=C3CC(OC4CC(OC)C(OC5CC(OC)C(OC6CC(OC)C(OC7CC(OC)C(OC8CC(OC)C(O)C(C)O8)C(C)O7)C(C)O6)C(C)O5)C(C)O4)CCC32C)C2(O)CCC(C(C)=O)C12C. The number of carbonyl (C=O) groups excluding carboxylic acids is 2. The number of esters is 1. The molecule has 8 fully saturated rings. The summed E-state index contributed by atoms with van der Waals surface area (Å²) in [5, 5.41) is 23.4. The Morgan fingerprint density at radius 2 is 1.00 bits per heavy atom. The lowest BCUT2D eigenvalue weighted by molar-refractivity contribution is -0.352. The van der Waals surface area contributed by atoms with Gasteiger partial charge in [0.2, 0.25) is 0 Å². The highest BCUT2D eigenvalue weighted by molar-refractivity contribution is 5.88. The summed E-state index contributed by atoms with van der Waals surface area (Å²) in [7, 11) is 8.22. The first-order valence-corrected chi connectivity index (χ1v) is 30.2. The van der Waals surface area contributed by atoms with Gasteiger partial charge in [0.1, 0.15) is 42.4 Å². The van der Waals surface area contributed by atoms with Crippen molar-refractivity contribution < 1.29 is 95.6 Å². The van der Waals surface area contributed by atoms with E-state index < -0.39 is 128 Å². The van der Waals surface area contributed by atoms with Crippen molar-refractivity contribution in [3.63, 3.8) is 0 Å². The fraction of sp³-hybridized carbons (Fsp3) is 0.902. The number of allylic oxidation sites excluding steroid dienone is 2. The Morgan fingerprint density at radius 1 is 0.580 bits per heavy atom. The lowest BCUT2D eigenvalue weighted by atomic mass is 9.45. The van der Waals surface area contributed by atoms with Gasteiger partial charge in [0.25, 0.3) is 0 Å². The van der Waals surface area contributed by atoms with E-state index in [1.54, 1.807) is 62.4 Å². The number of rotatable bonds is 18. The summed E-state index contributed by atoms with van der Waals surface area (Å²) < 4.78 is 101. The molecule has 3 saturated carbocycles.